The van der Waals surface area contributed by atoms with E-state index in [-0.39, 0.29) is 23.0 Å². The molecule has 0 heterocycles. The number of nitrogens with one attached hydrogen (secondary N) is 1. The van der Waals surface area contributed by atoms with E-state index in [1.165, 1.54) is 6.07 Å². The van der Waals surface area contributed by atoms with Crippen LogP contribution in [0.25, 0.3) is 0 Å². The predicted molar refractivity (Wildman–Crippen MR) is 78.3 cm³/mol. The Morgan fingerprint density at radius 1 is 1.38 bits per heavy atom. The molecular formula is C15H20N2O4. The second-order valence-electron chi connectivity index (χ2n) is 5.56. The van der Waals surface area contributed by atoms with Gasteiger partial charge in [0.05, 0.1) is 4.92 Å². The first-order chi connectivity index (χ1) is 10.0. The molecule has 0 aliphatic heterocycles. The van der Waals surface area contributed by atoms with E-state index >= 15 is 0 Å². The van der Waals surface area contributed by atoms with Gasteiger partial charge in [0.1, 0.15) is 11.3 Å². The molecule has 21 heavy (non-hydrogen) atoms. The van der Waals surface area contributed by atoms with Crippen molar-refractivity contribution < 1.29 is 14.8 Å². The normalized spacial score (nSPS) is 21.8. The minimum absolute atomic E-state index is 0.0576. The molecule has 0 radical (unpaired) electrons. The molecule has 2 rings (SSSR count). The number of nitro benzene ring substituents is 1. The van der Waals surface area contributed by atoms with Gasteiger partial charge < -0.3 is 10.4 Å². The zero-order valence-electron chi connectivity index (χ0n) is 12.0. The van der Waals surface area contributed by atoms with Gasteiger partial charge in [0, 0.05) is 12.1 Å². The van der Waals surface area contributed by atoms with Crippen LogP contribution in [0.2, 0.25) is 0 Å². The number of phenols is 1. The molecule has 1 saturated carbocycles. The topological polar surface area (TPSA) is 92.5 Å². The summed E-state index contributed by atoms with van der Waals surface area (Å²) < 4.78 is 0. The highest BCUT2D eigenvalue weighted by atomic mass is 16.6. The summed E-state index contributed by atoms with van der Waals surface area (Å²) in [6.45, 7) is 2.17. The highest BCUT2D eigenvalue weighted by Crippen LogP contribution is 2.28. The monoisotopic (exact) mass is 292 g/mol. The summed E-state index contributed by atoms with van der Waals surface area (Å²) in [4.78, 5) is 22.6. The van der Waals surface area contributed by atoms with Crippen molar-refractivity contribution in [1.82, 2.24) is 5.32 Å². The van der Waals surface area contributed by atoms with Crippen LogP contribution in [0.3, 0.4) is 0 Å². The number of phenolic OH excluding ortho intramolecular Hbond substituents is 1. The van der Waals surface area contributed by atoms with Crippen molar-refractivity contribution in [2.75, 3.05) is 0 Å². The van der Waals surface area contributed by atoms with E-state index < -0.39 is 10.8 Å². The molecule has 6 heteroatoms. The highest BCUT2D eigenvalue weighted by Gasteiger charge is 2.25. The molecule has 0 aromatic heterocycles. The fraction of sp³-hybridized carbons (Fsp3) is 0.533. The van der Waals surface area contributed by atoms with E-state index in [0.717, 1.165) is 44.2 Å². The van der Waals surface area contributed by atoms with Gasteiger partial charge in [-0.3, -0.25) is 14.9 Å². The summed E-state index contributed by atoms with van der Waals surface area (Å²) in [5.41, 5.74) is -0.370. The van der Waals surface area contributed by atoms with Crippen LogP contribution in [0.5, 0.6) is 5.75 Å². The molecule has 1 fully saturated rings. The molecular weight excluding hydrogens is 272 g/mol. The van der Waals surface area contributed by atoms with Crippen molar-refractivity contribution in [2.24, 2.45) is 5.92 Å². The summed E-state index contributed by atoms with van der Waals surface area (Å²) >= 11 is 0. The van der Waals surface area contributed by atoms with Gasteiger partial charge in [-0.15, -0.1) is 0 Å². The Kier molecular flexibility index (Phi) is 4.77. The van der Waals surface area contributed by atoms with Crippen molar-refractivity contribution in [1.29, 1.82) is 0 Å². The maximum atomic E-state index is 12.2. The number of nitro groups is 1. The Morgan fingerprint density at radius 3 is 2.62 bits per heavy atom. The number of carbonyl (C=O) groups is 1. The van der Waals surface area contributed by atoms with E-state index in [2.05, 4.69) is 12.2 Å². The molecule has 1 aliphatic rings. The van der Waals surface area contributed by atoms with E-state index in [1.54, 1.807) is 0 Å². The largest absolute Gasteiger partial charge is 0.508 e. The molecule has 1 aliphatic carbocycles. The van der Waals surface area contributed by atoms with Crippen molar-refractivity contribution in [2.45, 2.75) is 45.1 Å². The fourth-order valence-electron chi connectivity index (χ4n) is 2.84. The lowest BCUT2D eigenvalue weighted by Crippen LogP contribution is -2.37. The number of benzene rings is 1. The number of hydrogen-bond donors (Lipinski definition) is 2. The third-order valence-electron chi connectivity index (χ3n) is 4.18. The van der Waals surface area contributed by atoms with E-state index in [1.807, 2.05) is 0 Å². The maximum absolute atomic E-state index is 12.2. The Bertz CT molecular complexity index is 536. The van der Waals surface area contributed by atoms with Gasteiger partial charge in [0.15, 0.2) is 0 Å². The van der Waals surface area contributed by atoms with E-state index in [9.17, 15) is 20.0 Å². The average Bonchev–Trinajstić information content (AvgIpc) is 2.47. The molecule has 1 amide bonds. The molecule has 1 aromatic rings. The number of hydrogen-bond acceptors (Lipinski definition) is 4. The lowest BCUT2D eigenvalue weighted by Gasteiger charge is -2.28. The molecule has 6 nitrogen and oxygen atoms in total. The number of nitrogens with zero attached hydrogens (tertiary/aromatic N) is 1. The molecule has 114 valence electrons. The zero-order valence-corrected chi connectivity index (χ0v) is 12.0. The molecule has 0 bridgehead atoms. The predicted octanol–water partition coefficient (Wildman–Crippen LogP) is 3.00. The Labute approximate surface area is 123 Å². The van der Waals surface area contributed by atoms with Gasteiger partial charge in [0.25, 0.3) is 11.6 Å². The average molecular weight is 292 g/mol. The Morgan fingerprint density at radius 2 is 2.05 bits per heavy atom. The first-order valence-electron chi connectivity index (χ1n) is 7.29. The third-order valence-corrected chi connectivity index (χ3v) is 4.18. The SMILES string of the molecule is CCC1CCC(NC(=O)c2cc(O)ccc2[N+](=O)[O-])CC1. The van der Waals surface area contributed by atoms with Crippen molar-refractivity contribution >= 4 is 11.6 Å². The van der Waals surface area contributed by atoms with Gasteiger partial charge in [-0.1, -0.05) is 13.3 Å². The number of amides is 1. The number of carbonyl (C=O) groups excluding carboxylic acids is 1. The first kappa shape index (κ1) is 15.3. The molecule has 1 aromatic carbocycles. The summed E-state index contributed by atoms with van der Waals surface area (Å²) in [6.07, 6.45) is 5.10. The van der Waals surface area contributed by atoms with Crippen LogP contribution < -0.4 is 5.32 Å². The Balaban J connectivity index is 2.07. The molecule has 2 N–H and O–H groups in total. The molecule has 0 spiro atoms. The molecule has 0 saturated heterocycles. The minimum Gasteiger partial charge on any atom is -0.508 e. The minimum atomic E-state index is -0.609. The van der Waals surface area contributed by atoms with Gasteiger partial charge in [-0.25, -0.2) is 0 Å². The van der Waals surface area contributed by atoms with Crippen LogP contribution in [0.4, 0.5) is 5.69 Å². The quantitative estimate of drug-likeness (QED) is 0.659. The summed E-state index contributed by atoms with van der Waals surface area (Å²) in [5.74, 6) is 0.0752. The Hall–Kier alpha value is -2.11. The summed E-state index contributed by atoms with van der Waals surface area (Å²) in [6, 6.07) is 3.56. The lowest BCUT2D eigenvalue weighted by molar-refractivity contribution is -0.385. The number of aromatic hydroxyl groups is 1. The first-order valence-corrected chi connectivity index (χ1v) is 7.29. The van der Waals surface area contributed by atoms with Gasteiger partial charge in [-0.05, 0) is 43.7 Å². The van der Waals surface area contributed by atoms with Crippen LogP contribution >= 0.6 is 0 Å². The standard InChI is InChI=1S/C15H20N2O4/c1-2-10-3-5-11(6-4-10)16-15(19)13-9-12(18)7-8-14(13)17(20)21/h7-11,18H,2-6H2,1H3,(H,16,19). The van der Waals surface area contributed by atoms with E-state index in [4.69, 9.17) is 0 Å². The van der Waals surface area contributed by atoms with Crippen molar-refractivity contribution in [3.63, 3.8) is 0 Å². The lowest BCUT2D eigenvalue weighted by atomic mass is 9.84. The third kappa shape index (κ3) is 3.71. The van der Waals surface area contributed by atoms with Crippen molar-refractivity contribution in [3.8, 4) is 5.75 Å². The summed E-state index contributed by atoms with van der Waals surface area (Å²) in [7, 11) is 0. The highest BCUT2D eigenvalue weighted by molar-refractivity contribution is 5.98. The number of rotatable bonds is 4. The van der Waals surface area contributed by atoms with Gasteiger partial charge in [-0.2, -0.15) is 0 Å². The van der Waals surface area contributed by atoms with Crippen LogP contribution in [-0.4, -0.2) is 22.0 Å². The van der Waals surface area contributed by atoms with Crippen LogP contribution in [0.1, 0.15) is 49.4 Å². The van der Waals surface area contributed by atoms with Gasteiger partial charge >= 0.3 is 0 Å². The summed E-state index contributed by atoms with van der Waals surface area (Å²) in [5, 5.41) is 23.2. The second-order valence-corrected chi connectivity index (χ2v) is 5.56. The zero-order chi connectivity index (χ0) is 15.4. The molecule has 0 atom stereocenters. The van der Waals surface area contributed by atoms with Crippen molar-refractivity contribution in [3.05, 3.63) is 33.9 Å². The fourth-order valence-corrected chi connectivity index (χ4v) is 2.84. The van der Waals surface area contributed by atoms with Crippen LogP contribution in [-0.2, 0) is 0 Å². The smallest absolute Gasteiger partial charge is 0.282 e. The van der Waals surface area contributed by atoms with Gasteiger partial charge in [0.2, 0.25) is 0 Å². The van der Waals surface area contributed by atoms with Crippen LogP contribution in [0.15, 0.2) is 18.2 Å². The van der Waals surface area contributed by atoms with Crippen LogP contribution in [0, 0.1) is 16.0 Å². The maximum Gasteiger partial charge on any atom is 0.282 e. The van der Waals surface area contributed by atoms with E-state index in [0.29, 0.717) is 5.92 Å². The second kappa shape index (κ2) is 6.56. The molecule has 0 unspecified atom stereocenters.